The lowest BCUT2D eigenvalue weighted by Crippen LogP contribution is -2.42. The normalized spacial score (nSPS) is 15.3. The average molecular weight is 290 g/mol. The molecule has 0 heterocycles. The number of nitrogens with one attached hydrogen (secondary N) is 2. The van der Waals surface area contributed by atoms with E-state index in [9.17, 15) is 4.39 Å². The van der Waals surface area contributed by atoms with Gasteiger partial charge in [-0.3, -0.25) is 4.99 Å². The monoisotopic (exact) mass is 290 g/mol. The minimum absolute atomic E-state index is 0.206. The van der Waals surface area contributed by atoms with Crippen molar-refractivity contribution in [1.29, 1.82) is 0 Å². The van der Waals surface area contributed by atoms with E-state index in [2.05, 4.69) is 27.8 Å². The van der Waals surface area contributed by atoms with Crippen LogP contribution in [-0.2, 0) is 6.54 Å². The molecule has 0 radical (unpaired) electrons. The van der Waals surface area contributed by atoms with Crippen molar-refractivity contribution in [1.82, 2.24) is 10.6 Å². The van der Waals surface area contributed by atoms with Crippen molar-refractivity contribution in [2.75, 3.05) is 26.0 Å². The maximum Gasteiger partial charge on any atom is 0.191 e. The molecule has 114 valence electrons. The molecule has 1 aromatic carbocycles. The predicted octanol–water partition coefficient (Wildman–Crippen LogP) is 2.28. The van der Waals surface area contributed by atoms with Crippen molar-refractivity contribution in [2.45, 2.75) is 25.4 Å². The lowest BCUT2D eigenvalue weighted by atomic mass is 10.2. The maximum atomic E-state index is 13.9. The highest BCUT2D eigenvalue weighted by atomic mass is 19.1. The number of rotatable bonds is 4. The van der Waals surface area contributed by atoms with Gasteiger partial charge < -0.3 is 15.5 Å². The van der Waals surface area contributed by atoms with Gasteiger partial charge in [0.2, 0.25) is 0 Å². The van der Waals surface area contributed by atoms with E-state index in [1.807, 2.05) is 20.2 Å². The van der Waals surface area contributed by atoms with Crippen molar-refractivity contribution < 1.29 is 4.39 Å². The molecule has 1 aliphatic rings. The summed E-state index contributed by atoms with van der Waals surface area (Å²) in [5.41, 5.74) is 1.49. The van der Waals surface area contributed by atoms with Gasteiger partial charge in [-0.05, 0) is 30.5 Å². The Morgan fingerprint density at radius 2 is 2.05 bits per heavy atom. The number of hydrogen-bond acceptors (Lipinski definition) is 2. The second-order valence-corrected chi connectivity index (χ2v) is 5.39. The van der Waals surface area contributed by atoms with Crippen LogP contribution in [0.5, 0.6) is 0 Å². The maximum absolute atomic E-state index is 13.9. The fourth-order valence-corrected chi connectivity index (χ4v) is 2.33. The van der Waals surface area contributed by atoms with Gasteiger partial charge in [0.05, 0.1) is 5.69 Å². The largest absolute Gasteiger partial charge is 0.375 e. The quantitative estimate of drug-likeness (QED) is 0.508. The first-order valence-electron chi connectivity index (χ1n) is 7.18. The zero-order valence-corrected chi connectivity index (χ0v) is 12.9. The number of aliphatic imine (C=N–C) groups is 1. The Kier molecular flexibility index (Phi) is 5.20. The summed E-state index contributed by atoms with van der Waals surface area (Å²) < 4.78 is 13.9. The minimum atomic E-state index is -0.206. The van der Waals surface area contributed by atoms with Gasteiger partial charge in [0.1, 0.15) is 5.82 Å². The summed E-state index contributed by atoms with van der Waals surface area (Å²) in [6.45, 7) is 0.546. The second kappa shape index (κ2) is 7.11. The van der Waals surface area contributed by atoms with E-state index in [1.165, 1.54) is 0 Å². The number of hydrogen-bond donors (Lipinski definition) is 2. The van der Waals surface area contributed by atoms with Crippen LogP contribution in [-0.4, -0.2) is 33.1 Å². The van der Waals surface area contributed by atoms with Crippen LogP contribution >= 0.6 is 0 Å². The minimum Gasteiger partial charge on any atom is -0.375 e. The zero-order chi connectivity index (χ0) is 15.2. The summed E-state index contributed by atoms with van der Waals surface area (Å²) in [5.74, 6) is 0.544. The van der Waals surface area contributed by atoms with Crippen LogP contribution in [0, 0.1) is 5.82 Å². The van der Waals surface area contributed by atoms with E-state index >= 15 is 0 Å². The zero-order valence-electron chi connectivity index (χ0n) is 12.9. The molecule has 5 heteroatoms. The van der Waals surface area contributed by atoms with E-state index in [1.54, 1.807) is 24.1 Å². The summed E-state index contributed by atoms with van der Waals surface area (Å²) >= 11 is 0. The Bertz CT molecular complexity index is 529. The molecule has 2 rings (SSSR count). The molecular formula is C16H23FN4. The second-order valence-electron chi connectivity index (χ2n) is 5.39. The van der Waals surface area contributed by atoms with Gasteiger partial charge in [0.15, 0.2) is 5.96 Å². The van der Waals surface area contributed by atoms with E-state index in [-0.39, 0.29) is 5.82 Å². The Balaban J connectivity index is 1.90. The number of nitrogens with zero attached hydrogens (tertiary/aromatic N) is 2. The van der Waals surface area contributed by atoms with E-state index in [0.29, 0.717) is 18.3 Å². The highest BCUT2D eigenvalue weighted by Gasteiger charge is 2.11. The molecule has 0 aromatic heterocycles. The number of benzene rings is 1. The van der Waals surface area contributed by atoms with Crippen LogP contribution in [0.3, 0.4) is 0 Å². The molecule has 2 N–H and O–H groups in total. The number of guanidine groups is 1. The van der Waals surface area contributed by atoms with Crippen molar-refractivity contribution in [2.24, 2.45) is 4.99 Å². The molecule has 0 fully saturated rings. The molecule has 0 spiro atoms. The van der Waals surface area contributed by atoms with Crippen LogP contribution in [0.4, 0.5) is 10.1 Å². The van der Waals surface area contributed by atoms with Gasteiger partial charge in [0.25, 0.3) is 0 Å². The van der Waals surface area contributed by atoms with E-state index in [4.69, 9.17) is 0 Å². The lowest BCUT2D eigenvalue weighted by Gasteiger charge is -2.18. The van der Waals surface area contributed by atoms with Gasteiger partial charge in [-0.15, -0.1) is 0 Å². The topological polar surface area (TPSA) is 39.7 Å². The molecule has 0 atom stereocenters. The number of anilines is 1. The molecular weight excluding hydrogens is 267 g/mol. The van der Waals surface area contributed by atoms with Gasteiger partial charge in [0, 0.05) is 33.7 Å². The third-order valence-corrected chi connectivity index (χ3v) is 3.53. The van der Waals surface area contributed by atoms with Crippen LogP contribution in [0.15, 0.2) is 35.3 Å². The lowest BCUT2D eigenvalue weighted by molar-refractivity contribution is 0.619. The van der Waals surface area contributed by atoms with Gasteiger partial charge in [-0.2, -0.15) is 0 Å². The van der Waals surface area contributed by atoms with Crippen molar-refractivity contribution in [3.05, 3.63) is 41.7 Å². The molecule has 1 aromatic rings. The summed E-state index contributed by atoms with van der Waals surface area (Å²) in [4.78, 5) is 5.96. The van der Waals surface area contributed by atoms with Crippen molar-refractivity contribution in [3.63, 3.8) is 0 Å². The highest BCUT2D eigenvalue weighted by molar-refractivity contribution is 5.80. The average Bonchev–Trinajstić information content (AvgIpc) is 2.96. The highest BCUT2D eigenvalue weighted by Crippen LogP contribution is 2.18. The van der Waals surface area contributed by atoms with E-state index in [0.717, 1.165) is 24.4 Å². The van der Waals surface area contributed by atoms with Crippen LogP contribution in [0.2, 0.25) is 0 Å². The third-order valence-electron chi connectivity index (χ3n) is 3.53. The third kappa shape index (κ3) is 4.21. The molecule has 0 saturated carbocycles. The van der Waals surface area contributed by atoms with Crippen LogP contribution in [0.25, 0.3) is 0 Å². The molecule has 0 saturated heterocycles. The van der Waals surface area contributed by atoms with Crippen molar-refractivity contribution in [3.8, 4) is 0 Å². The Morgan fingerprint density at radius 1 is 1.33 bits per heavy atom. The van der Waals surface area contributed by atoms with Gasteiger partial charge in [-0.1, -0.05) is 18.2 Å². The Hall–Kier alpha value is -2.04. The first kappa shape index (κ1) is 15.4. The molecule has 1 aliphatic carbocycles. The van der Waals surface area contributed by atoms with Gasteiger partial charge >= 0.3 is 0 Å². The van der Waals surface area contributed by atoms with Crippen molar-refractivity contribution >= 4 is 11.6 Å². The fraction of sp³-hybridized carbons (Fsp3) is 0.438. The number of halogens is 1. The fourth-order valence-electron chi connectivity index (χ4n) is 2.33. The molecule has 0 bridgehead atoms. The van der Waals surface area contributed by atoms with Gasteiger partial charge in [-0.25, -0.2) is 4.39 Å². The Labute approximate surface area is 125 Å². The van der Waals surface area contributed by atoms with E-state index < -0.39 is 0 Å². The van der Waals surface area contributed by atoms with Crippen LogP contribution < -0.4 is 15.5 Å². The summed E-state index contributed by atoms with van der Waals surface area (Å²) in [6.07, 6.45) is 6.38. The summed E-state index contributed by atoms with van der Waals surface area (Å²) in [5, 5.41) is 6.57. The first-order chi connectivity index (χ1) is 10.1. The molecule has 0 unspecified atom stereocenters. The SMILES string of the molecule is CN=C(NCc1ccc(N(C)C)c(F)c1)NC1CC=CC1. The Morgan fingerprint density at radius 3 is 2.62 bits per heavy atom. The molecule has 0 aliphatic heterocycles. The van der Waals surface area contributed by atoms with Crippen LogP contribution in [0.1, 0.15) is 18.4 Å². The predicted molar refractivity (Wildman–Crippen MR) is 86.2 cm³/mol. The molecule has 4 nitrogen and oxygen atoms in total. The smallest absolute Gasteiger partial charge is 0.191 e. The molecule has 0 amide bonds. The standard InChI is InChI=1S/C16H23FN4/c1-18-16(20-13-6-4-5-7-13)19-11-12-8-9-15(21(2)3)14(17)10-12/h4-5,8-10,13H,6-7,11H2,1-3H3,(H2,18,19,20). The summed E-state index contributed by atoms with van der Waals surface area (Å²) in [6, 6.07) is 5.69. The first-order valence-corrected chi connectivity index (χ1v) is 7.18. The summed E-state index contributed by atoms with van der Waals surface area (Å²) in [7, 11) is 5.41. The molecule has 21 heavy (non-hydrogen) atoms.